The van der Waals surface area contributed by atoms with E-state index in [1.807, 2.05) is 31.2 Å². The second-order valence-electron chi connectivity index (χ2n) is 5.88. The molecule has 0 aromatic heterocycles. The Kier molecular flexibility index (Phi) is 4.65. The van der Waals surface area contributed by atoms with E-state index in [-0.39, 0.29) is 11.5 Å². The standard InChI is InChI=1S/C16H24N2O2/c1-4-17-15(19)12-6-5-7-13(10-12)18-14-8-9-20-16(2,3)11-14/h5-7,10,14,18H,4,8-9,11H2,1-3H3,(H,17,19). The van der Waals surface area contributed by atoms with Crippen molar-refractivity contribution in [3.63, 3.8) is 0 Å². The van der Waals surface area contributed by atoms with Crippen molar-refractivity contribution >= 4 is 11.6 Å². The molecular weight excluding hydrogens is 252 g/mol. The van der Waals surface area contributed by atoms with Gasteiger partial charge in [-0.1, -0.05) is 6.07 Å². The van der Waals surface area contributed by atoms with Gasteiger partial charge in [0.2, 0.25) is 0 Å². The molecule has 1 aliphatic heterocycles. The van der Waals surface area contributed by atoms with Gasteiger partial charge in [0.1, 0.15) is 0 Å². The van der Waals surface area contributed by atoms with Crippen molar-refractivity contribution in [2.24, 2.45) is 0 Å². The quantitative estimate of drug-likeness (QED) is 0.889. The molecule has 1 atom stereocenters. The summed E-state index contributed by atoms with van der Waals surface area (Å²) in [6.45, 7) is 7.58. The third-order valence-electron chi connectivity index (χ3n) is 3.53. The maximum atomic E-state index is 11.8. The molecule has 1 aliphatic rings. The molecule has 0 saturated carbocycles. The molecule has 0 radical (unpaired) electrons. The fourth-order valence-electron chi connectivity index (χ4n) is 2.60. The summed E-state index contributed by atoms with van der Waals surface area (Å²) in [6.07, 6.45) is 1.97. The molecule has 110 valence electrons. The highest BCUT2D eigenvalue weighted by atomic mass is 16.5. The molecule has 1 aromatic carbocycles. The van der Waals surface area contributed by atoms with Gasteiger partial charge >= 0.3 is 0 Å². The van der Waals surface area contributed by atoms with Crippen LogP contribution in [0.3, 0.4) is 0 Å². The van der Waals surface area contributed by atoms with Gasteiger partial charge in [0.15, 0.2) is 0 Å². The Hall–Kier alpha value is -1.55. The molecule has 0 aliphatic carbocycles. The van der Waals surface area contributed by atoms with Crippen molar-refractivity contribution in [3.8, 4) is 0 Å². The van der Waals surface area contributed by atoms with Crippen molar-refractivity contribution in [2.75, 3.05) is 18.5 Å². The number of hydrogen-bond donors (Lipinski definition) is 2. The number of benzene rings is 1. The molecule has 2 rings (SSSR count). The third kappa shape index (κ3) is 3.97. The van der Waals surface area contributed by atoms with Crippen LogP contribution in [0.1, 0.15) is 44.0 Å². The van der Waals surface area contributed by atoms with Gasteiger partial charge < -0.3 is 15.4 Å². The summed E-state index contributed by atoms with van der Waals surface area (Å²) in [6, 6.07) is 8.06. The number of carbonyl (C=O) groups is 1. The minimum atomic E-state index is -0.0763. The summed E-state index contributed by atoms with van der Waals surface area (Å²) in [7, 11) is 0. The maximum Gasteiger partial charge on any atom is 0.251 e. The number of ether oxygens (including phenoxy) is 1. The van der Waals surface area contributed by atoms with E-state index in [0.29, 0.717) is 18.2 Å². The topological polar surface area (TPSA) is 50.4 Å². The normalized spacial score (nSPS) is 21.2. The average Bonchev–Trinajstić information content (AvgIpc) is 2.38. The minimum absolute atomic E-state index is 0.0246. The maximum absolute atomic E-state index is 11.8. The highest BCUT2D eigenvalue weighted by Gasteiger charge is 2.28. The summed E-state index contributed by atoms with van der Waals surface area (Å²) in [5, 5.41) is 6.33. The van der Waals surface area contributed by atoms with Crippen LogP contribution in [0, 0.1) is 0 Å². The van der Waals surface area contributed by atoms with Crippen molar-refractivity contribution < 1.29 is 9.53 Å². The van der Waals surface area contributed by atoms with E-state index in [9.17, 15) is 4.79 Å². The Bertz CT molecular complexity index is 471. The zero-order valence-corrected chi connectivity index (χ0v) is 12.5. The fraction of sp³-hybridized carbons (Fsp3) is 0.562. The molecule has 1 saturated heterocycles. The zero-order valence-electron chi connectivity index (χ0n) is 12.5. The molecule has 1 amide bonds. The predicted octanol–water partition coefficient (Wildman–Crippen LogP) is 2.81. The van der Waals surface area contributed by atoms with Crippen LogP contribution in [-0.4, -0.2) is 30.7 Å². The van der Waals surface area contributed by atoms with E-state index in [1.165, 1.54) is 0 Å². The van der Waals surface area contributed by atoms with Crippen LogP contribution in [0.25, 0.3) is 0 Å². The first kappa shape index (κ1) is 14.9. The second kappa shape index (κ2) is 6.27. The number of amides is 1. The molecule has 2 N–H and O–H groups in total. The Morgan fingerprint density at radius 2 is 2.25 bits per heavy atom. The number of rotatable bonds is 4. The van der Waals surface area contributed by atoms with Crippen LogP contribution in [0.4, 0.5) is 5.69 Å². The smallest absolute Gasteiger partial charge is 0.251 e. The molecule has 4 nitrogen and oxygen atoms in total. The Labute approximate surface area is 120 Å². The molecule has 20 heavy (non-hydrogen) atoms. The van der Waals surface area contributed by atoms with Gasteiger partial charge in [0.25, 0.3) is 5.91 Å². The number of anilines is 1. The van der Waals surface area contributed by atoms with Gasteiger partial charge in [-0.25, -0.2) is 0 Å². The van der Waals surface area contributed by atoms with E-state index in [0.717, 1.165) is 25.1 Å². The Morgan fingerprint density at radius 3 is 2.95 bits per heavy atom. The van der Waals surface area contributed by atoms with Gasteiger partial charge in [-0.15, -0.1) is 0 Å². The molecule has 0 spiro atoms. The fourth-order valence-corrected chi connectivity index (χ4v) is 2.60. The van der Waals surface area contributed by atoms with E-state index >= 15 is 0 Å². The highest BCUT2D eigenvalue weighted by Crippen LogP contribution is 2.26. The first-order valence-electron chi connectivity index (χ1n) is 7.29. The molecule has 1 unspecified atom stereocenters. The van der Waals surface area contributed by atoms with Crippen molar-refractivity contribution in [1.82, 2.24) is 5.32 Å². The Balaban J connectivity index is 2.02. The van der Waals surface area contributed by atoms with E-state index in [1.54, 1.807) is 0 Å². The predicted molar refractivity (Wildman–Crippen MR) is 81.1 cm³/mol. The van der Waals surface area contributed by atoms with Crippen LogP contribution < -0.4 is 10.6 Å². The van der Waals surface area contributed by atoms with E-state index < -0.39 is 0 Å². The average molecular weight is 276 g/mol. The summed E-state index contributed by atoms with van der Waals surface area (Å²) >= 11 is 0. The van der Waals surface area contributed by atoms with Gasteiger partial charge in [-0.05, 0) is 51.8 Å². The van der Waals surface area contributed by atoms with Crippen molar-refractivity contribution in [3.05, 3.63) is 29.8 Å². The van der Waals surface area contributed by atoms with E-state index in [2.05, 4.69) is 24.5 Å². The summed E-state index contributed by atoms with van der Waals surface area (Å²) in [4.78, 5) is 11.8. The lowest BCUT2D eigenvalue weighted by molar-refractivity contribution is -0.0553. The first-order chi connectivity index (χ1) is 9.50. The van der Waals surface area contributed by atoms with Crippen LogP contribution in [0.15, 0.2) is 24.3 Å². The van der Waals surface area contributed by atoms with Crippen molar-refractivity contribution in [2.45, 2.75) is 45.3 Å². The Morgan fingerprint density at radius 1 is 1.45 bits per heavy atom. The molecule has 1 heterocycles. The van der Waals surface area contributed by atoms with E-state index in [4.69, 9.17) is 4.74 Å². The minimum Gasteiger partial charge on any atom is -0.382 e. The molecular formula is C16H24N2O2. The zero-order chi connectivity index (χ0) is 14.6. The monoisotopic (exact) mass is 276 g/mol. The van der Waals surface area contributed by atoms with Crippen LogP contribution in [0.5, 0.6) is 0 Å². The number of carbonyl (C=O) groups excluding carboxylic acids is 1. The second-order valence-corrected chi connectivity index (χ2v) is 5.88. The lowest BCUT2D eigenvalue weighted by Gasteiger charge is -2.36. The van der Waals surface area contributed by atoms with Gasteiger partial charge in [0, 0.05) is 30.4 Å². The van der Waals surface area contributed by atoms with Crippen LogP contribution in [-0.2, 0) is 4.74 Å². The highest BCUT2D eigenvalue weighted by molar-refractivity contribution is 5.95. The molecule has 0 bridgehead atoms. The molecule has 1 aromatic rings. The summed E-state index contributed by atoms with van der Waals surface area (Å²) in [5.41, 5.74) is 1.62. The van der Waals surface area contributed by atoms with Crippen molar-refractivity contribution in [1.29, 1.82) is 0 Å². The third-order valence-corrected chi connectivity index (χ3v) is 3.53. The first-order valence-corrected chi connectivity index (χ1v) is 7.29. The molecule has 4 heteroatoms. The van der Waals surface area contributed by atoms with Crippen LogP contribution in [0.2, 0.25) is 0 Å². The molecule has 1 fully saturated rings. The lowest BCUT2D eigenvalue weighted by Crippen LogP contribution is -2.40. The number of hydrogen-bond acceptors (Lipinski definition) is 3. The largest absolute Gasteiger partial charge is 0.382 e. The summed E-state index contributed by atoms with van der Waals surface area (Å²) < 4.78 is 5.72. The van der Waals surface area contributed by atoms with Crippen LogP contribution >= 0.6 is 0 Å². The van der Waals surface area contributed by atoms with Gasteiger partial charge in [-0.2, -0.15) is 0 Å². The SMILES string of the molecule is CCNC(=O)c1cccc(NC2CCOC(C)(C)C2)c1. The lowest BCUT2D eigenvalue weighted by atomic mass is 9.93. The summed E-state index contributed by atoms with van der Waals surface area (Å²) in [5.74, 6) is -0.0246. The van der Waals surface area contributed by atoms with Gasteiger partial charge in [-0.3, -0.25) is 4.79 Å². The number of nitrogens with one attached hydrogen (secondary N) is 2. The van der Waals surface area contributed by atoms with Gasteiger partial charge in [0.05, 0.1) is 5.60 Å².